The molecule has 5 heteroatoms. The van der Waals surface area contributed by atoms with Gasteiger partial charge in [0.25, 0.3) is 0 Å². The zero-order valence-corrected chi connectivity index (χ0v) is 6.24. The predicted octanol–water partition coefficient (Wildman–Crippen LogP) is 1.38. The first-order valence-corrected chi connectivity index (χ1v) is 3.43. The van der Waals surface area contributed by atoms with Crippen molar-refractivity contribution in [3.63, 3.8) is 0 Å². The van der Waals surface area contributed by atoms with Crippen LogP contribution in [-0.2, 0) is 4.79 Å². The molecule has 0 aromatic heterocycles. The second kappa shape index (κ2) is 2.50. The summed E-state index contributed by atoms with van der Waals surface area (Å²) in [5.41, 5.74) is -1.96. The van der Waals surface area contributed by atoms with E-state index in [1.165, 1.54) is 0 Å². The Kier molecular flexibility index (Phi) is 1.89. The Morgan fingerprint density at radius 2 is 2.00 bits per heavy atom. The van der Waals surface area contributed by atoms with Crippen molar-refractivity contribution < 1.29 is 18.0 Å². The number of halogens is 3. The van der Waals surface area contributed by atoms with Crippen molar-refractivity contribution in [3.8, 4) is 0 Å². The van der Waals surface area contributed by atoms with Gasteiger partial charge in [0.2, 0.25) is 5.91 Å². The second-order valence-corrected chi connectivity index (χ2v) is 2.77. The van der Waals surface area contributed by atoms with Crippen molar-refractivity contribution in [2.75, 3.05) is 0 Å². The normalized spacial score (nSPS) is 19.9. The first-order chi connectivity index (χ1) is 5.41. The molecule has 2 nitrogen and oxygen atoms in total. The average molecular weight is 179 g/mol. The van der Waals surface area contributed by atoms with E-state index in [4.69, 9.17) is 0 Å². The van der Waals surface area contributed by atoms with Gasteiger partial charge in [-0.15, -0.1) is 0 Å². The van der Waals surface area contributed by atoms with Crippen LogP contribution in [0.25, 0.3) is 0 Å². The maximum absolute atomic E-state index is 12.1. The van der Waals surface area contributed by atoms with E-state index in [2.05, 4.69) is 6.58 Å². The van der Waals surface area contributed by atoms with E-state index in [0.717, 1.165) is 6.08 Å². The zero-order chi connectivity index (χ0) is 9.41. The fourth-order valence-corrected chi connectivity index (χ4v) is 0.891. The van der Waals surface area contributed by atoms with Crippen molar-refractivity contribution >= 4 is 5.91 Å². The van der Waals surface area contributed by atoms with Gasteiger partial charge in [-0.1, -0.05) is 6.58 Å². The van der Waals surface area contributed by atoms with Gasteiger partial charge in [0.05, 0.1) is 0 Å². The van der Waals surface area contributed by atoms with Gasteiger partial charge in [0, 0.05) is 0 Å². The van der Waals surface area contributed by atoms with E-state index in [1.807, 2.05) is 5.32 Å². The van der Waals surface area contributed by atoms with Gasteiger partial charge in [-0.25, -0.2) is 0 Å². The van der Waals surface area contributed by atoms with Crippen LogP contribution in [0.4, 0.5) is 13.2 Å². The molecule has 0 radical (unpaired) electrons. The molecule has 1 saturated carbocycles. The molecule has 1 fully saturated rings. The molecule has 0 aromatic rings. The number of alkyl halides is 3. The Morgan fingerprint density at radius 1 is 1.50 bits per heavy atom. The van der Waals surface area contributed by atoms with Crippen molar-refractivity contribution in [1.82, 2.24) is 5.32 Å². The molecule has 0 aliphatic heterocycles. The molecule has 0 bridgehead atoms. The van der Waals surface area contributed by atoms with Crippen LogP contribution in [0.5, 0.6) is 0 Å². The fraction of sp³-hybridized carbons (Fsp3) is 0.571. The van der Waals surface area contributed by atoms with E-state index >= 15 is 0 Å². The van der Waals surface area contributed by atoms with Crippen LogP contribution in [0, 0.1) is 0 Å². The molecule has 1 amide bonds. The van der Waals surface area contributed by atoms with Gasteiger partial charge < -0.3 is 5.32 Å². The number of nitrogens with one attached hydrogen (secondary N) is 1. The topological polar surface area (TPSA) is 29.1 Å². The molecular weight excluding hydrogens is 171 g/mol. The lowest BCUT2D eigenvalue weighted by Gasteiger charge is -2.19. The Morgan fingerprint density at radius 3 is 2.25 bits per heavy atom. The van der Waals surface area contributed by atoms with E-state index in [1.54, 1.807) is 0 Å². The maximum atomic E-state index is 12.1. The number of amides is 1. The summed E-state index contributed by atoms with van der Waals surface area (Å²) in [7, 11) is 0. The van der Waals surface area contributed by atoms with Crippen LogP contribution in [0.2, 0.25) is 0 Å². The first kappa shape index (κ1) is 9.09. The minimum atomic E-state index is -4.34. The third kappa shape index (κ3) is 1.44. The summed E-state index contributed by atoms with van der Waals surface area (Å²) in [6.07, 6.45) is -3.57. The van der Waals surface area contributed by atoms with Gasteiger partial charge in [0.1, 0.15) is 5.54 Å². The van der Waals surface area contributed by atoms with E-state index in [9.17, 15) is 18.0 Å². The predicted molar refractivity (Wildman–Crippen MR) is 36.4 cm³/mol. The van der Waals surface area contributed by atoms with Crippen LogP contribution in [0.1, 0.15) is 12.8 Å². The summed E-state index contributed by atoms with van der Waals surface area (Å²) in [5, 5.41) is 1.88. The molecule has 0 unspecified atom stereocenters. The molecule has 1 aliphatic carbocycles. The number of carbonyl (C=O) groups excluding carboxylic acids is 1. The lowest BCUT2D eigenvalue weighted by atomic mass is 10.2. The maximum Gasteiger partial charge on any atom is 0.411 e. The first-order valence-electron chi connectivity index (χ1n) is 3.43. The van der Waals surface area contributed by atoms with Crippen LogP contribution >= 0.6 is 0 Å². The minimum Gasteiger partial charge on any atom is -0.338 e. The Labute approximate surface area is 67.4 Å². The van der Waals surface area contributed by atoms with Gasteiger partial charge in [0.15, 0.2) is 0 Å². The molecule has 1 aliphatic rings. The molecule has 0 heterocycles. The third-order valence-corrected chi connectivity index (χ3v) is 1.84. The van der Waals surface area contributed by atoms with E-state index in [-0.39, 0.29) is 12.8 Å². The Balaban J connectivity index is 2.62. The highest BCUT2D eigenvalue weighted by Crippen LogP contribution is 2.48. The second-order valence-electron chi connectivity index (χ2n) is 2.77. The molecule has 1 rings (SSSR count). The fourth-order valence-electron chi connectivity index (χ4n) is 0.891. The summed E-state index contributed by atoms with van der Waals surface area (Å²) in [4.78, 5) is 10.6. The van der Waals surface area contributed by atoms with Crippen molar-refractivity contribution in [2.45, 2.75) is 24.6 Å². The SMILES string of the molecule is C=CC(=O)NC1(C(F)(F)F)CC1. The number of rotatable bonds is 2. The van der Waals surface area contributed by atoms with Crippen molar-refractivity contribution in [1.29, 1.82) is 0 Å². The molecule has 68 valence electrons. The van der Waals surface area contributed by atoms with Crippen LogP contribution in [-0.4, -0.2) is 17.6 Å². The monoisotopic (exact) mass is 179 g/mol. The largest absolute Gasteiger partial charge is 0.411 e. The molecule has 0 spiro atoms. The molecule has 0 saturated heterocycles. The Hall–Kier alpha value is -1.00. The van der Waals surface area contributed by atoms with E-state index in [0.29, 0.717) is 0 Å². The van der Waals surface area contributed by atoms with Crippen LogP contribution in [0.3, 0.4) is 0 Å². The lowest BCUT2D eigenvalue weighted by molar-refractivity contribution is -0.169. The van der Waals surface area contributed by atoms with Crippen LogP contribution in [0.15, 0.2) is 12.7 Å². The summed E-state index contributed by atoms with van der Waals surface area (Å²) < 4.78 is 36.4. The Bertz CT molecular complexity index is 217. The van der Waals surface area contributed by atoms with Gasteiger partial charge in [-0.3, -0.25) is 4.79 Å². The van der Waals surface area contributed by atoms with Crippen molar-refractivity contribution in [2.24, 2.45) is 0 Å². The highest BCUT2D eigenvalue weighted by atomic mass is 19.4. The highest BCUT2D eigenvalue weighted by molar-refractivity contribution is 5.87. The highest BCUT2D eigenvalue weighted by Gasteiger charge is 2.64. The van der Waals surface area contributed by atoms with E-state index < -0.39 is 17.6 Å². The minimum absolute atomic E-state index is 0.0317. The number of carbonyl (C=O) groups is 1. The number of hydrogen-bond acceptors (Lipinski definition) is 1. The lowest BCUT2D eigenvalue weighted by Crippen LogP contribution is -2.47. The zero-order valence-electron chi connectivity index (χ0n) is 6.24. The van der Waals surface area contributed by atoms with Gasteiger partial charge >= 0.3 is 6.18 Å². The summed E-state index contributed by atoms with van der Waals surface area (Å²) in [6.45, 7) is 3.08. The van der Waals surface area contributed by atoms with Crippen LogP contribution < -0.4 is 5.32 Å². The molecule has 1 N–H and O–H groups in total. The molecule has 0 atom stereocenters. The van der Waals surface area contributed by atoms with Crippen molar-refractivity contribution in [3.05, 3.63) is 12.7 Å². The standard InChI is InChI=1S/C7H8F3NO/c1-2-5(12)11-6(3-4-6)7(8,9)10/h2H,1,3-4H2,(H,11,12). The van der Waals surface area contributed by atoms with Gasteiger partial charge in [-0.05, 0) is 18.9 Å². The van der Waals surface area contributed by atoms with Gasteiger partial charge in [-0.2, -0.15) is 13.2 Å². The summed E-state index contributed by atoms with van der Waals surface area (Å²) >= 11 is 0. The molecular formula is C7H8F3NO. The smallest absolute Gasteiger partial charge is 0.338 e. The third-order valence-electron chi connectivity index (χ3n) is 1.84. The molecule has 0 aromatic carbocycles. The summed E-state index contributed by atoms with van der Waals surface area (Å²) in [6, 6.07) is 0. The summed E-state index contributed by atoms with van der Waals surface area (Å²) in [5.74, 6) is -0.773. The average Bonchev–Trinajstić information content (AvgIpc) is 2.67. The quantitative estimate of drug-likeness (QED) is 0.637. The molecule has 12 heavy (non-hydrogen) atoms. The number of hydrogen-bond donors (Lipinski definition) is 1.